The average Bonchev–Trinajstić information content (AvgIpc) is 2.87. The molecule has 0 bridgehead atoms. The summed E-state index contributed by atoms with van der Waals surface area (Å²) in [6, 6.07) is 7.33. The van der Waals surface area contributed by atoms with E-state index in [-0.39, 0.29) is 5.91 Å². The van der Waals surface area contributed by atoms with E-state index in [1.807, 2.05) is 25.1 Å². The highest BCUT2D eigenvalue weighted by molar-refractivity contribution is 9.10. The Hall–Kier alpha value is -2.21. The number of halogens is 1. The molecule has 21 heavy (non-hydrogen) atoms. The number of carbonyl (C=O) groups excluding carboxylic acids is 1. The van der Waals surface area contributed by atoms with Gasteiger partial charge in [0.2, 0.25) is 0 Å². The van der Waals surface area contributed by atoms with E-state index in [2.05, 4.69) is 26.0 Å². The summed E-state index contributed by atoms with van der Waals surface area (Å²) in [5.74, 6) is 0.514. The number of carbonyl (C=O) groups is 1. The Balaban J connectivity index is 1.95. The Morgan fingerprint density at radius 2 is 2.10 bits per heavy atom. The van der Waals surface area contributed by atoms with Gasteiger partial charge in [-0.05, 0) is 46.6 Å². The van der Waals surface area contributed by atoms with Gasteiger partial charge in [-0.2, -0.15) is 5.10 Å². The van der Waals surface area contributed by atoms with Gasteiger partial charge in [-0.15, -0.1) is 0 Å². The maximum Gasteiger partial charge on any atom is 0.259 e. The second-order valence-corrected chi connectivity index (χ2v) is 5.65. The fraction of sp³-hybridized carbons (Fsp3) is 0.133. The van der Waals surface area contributed by atoms with Crippen molar-refractivity contribution in [2.24, 2.45) is 0 Å². The van der Waals surface area contributed by atoms with Gasteiger partial charge in [-0.25, -0.2) is 9.50 Å². The highest BCUT2D eigenvalue weighted by atomic mass is 79.9. The van der Waals surface area contributed by atoms with Crippen molar-refractivity contribution in [1.29, 1.82) is 0 Å². The third-order valence-corrected chi connectivity index (χ3v) is 3.88. The number of anilines is 1. The van der Waals surface area contributed by atoms with E-state index in [0.29, 0.717) is 11.4 Å². The third-order valence-electron chi connectivity index (χ3n) is 3.27. The maximum atomic E-state index is 12.5. The van der Waals surface area contributed by atoms with Crippen molar-refractivity contribution in [2.75, 3.05) is 11.9 Å². The van der Waals surface area contributed by atoms with Crippen LogP contribution in [-0.4, -0.2) is 27.6 Å². The van der Waals surface area contributed by atoms with Crippen molar-refractivity contribution in [2.45, 2.75) is 6.92 Å². The molecule has 1 amide bonds. The minimum absolute atomic E-state index is 0.109. The van der Waals surface area contributed by atoms with Gasteiger partial charge < -0.3 is 0 Å². The second-order valence-electron chi connectivity index (χ2n) is 4.80. The van der Waals surface area contributed by atoms with E-state index in [1.165, 1.54) is 4.90 Å². The van der Waals surface area contributed by atoms with Crippen LogP contribution < -0.4 is 4.90 Å². The Bertz CT molecular complexity index is 810. The van der Waals surface area contributed by atoms with Crippen LogP contribution in [0, 0.1) is 6.92 Å². The van der Waals surface area contributed by atoms with Gasteiger partial charge in [0.15, 0.2) is 0 Å². The Kier molecular flexibility index (Phi) is 3.47. The molecule has 0 N–H and O–H groups in total. The molecule has 0 saturated carbocycles. The van der Waals surface area contributed by atoms with E-state index >= 15 is 0 Å². The van der Waals surface area contributed by atoms with Crippen LogP contribution in [0.1, 0.15) is 15.9 Å². The van der Waals surface area contributed by atoms with E-state index in [1.54, 1.807) is 36.2 Å². The summed E-state index contributed by atoms with van der Waals surface area (Å²) in [5.41, 5.74) is 2.50. The summed E-state index contributed by atoms with van der Waals surface area (Å²) < 4.78 is 2.57. The first-order valence-electron chi connectivity index (χ1n) is 6.40. The summed E-state index contributed by atoms with van der Waals surface area (Å²) in [5, 5.41) is 4.16. The molecule has 0 aliphatic carbocycles. The predicted octanol–water partition coefficient (Wildman–Crippen LogP) is 3.08. The largest absolute Gasteiger partial charge is 0.296 e. The molecule has 0 unspecified atom stereocenters. The number of aromatic nitrogens is 3. The monoisotopic (exact) mass is 344 g/mol. The van der Waals surface area contributed by atoms with Gasteiger partial charge in [0, 0.05) is 25.0 Å². The minimum Gasteiger partial charge on any atom is -0.296 e. The van der Waals surface area contributed by atoms with Crippen molar-refractivity contribution in [1.82, 2.24) is 14.6 Å². The van der Waals surface area contributed by atoms with Gasteiger partial charge in [0.25, 0.3) is 5.91 Å². The van der Waals surface area contributed by atoms with Gasteiger partial charge in [0.1, 0.15) is 5.82 Å². The molecular weight excluding hydrogens is 332 g/mol. The lowest BCUT2D eigenvalue weighted by Crippen LogP contribution is -2.27. The lowest BCUT2D eigenvalue weighted by molar-refractivity contribution is 0.0992. The molecule has 5 nitrogen and oxygen atoms in total. The van der Waals surface area contributed by atoms with Gasteiger partial charge in [0.05, 0.1) is 16.2 Å². The molecule has 0 aliphatic rings. The number of nitrogens with zero attached hydrogens (tertiary/aromatic N) is 4. The van der Waals surface area contributed by atoms with Gasteiger partial charge in [-0.1, -0.05) is 6.07 Å². The van der Waals surface area contributed by atoms with Crippen molar-refractivity contribution in [3.05, 3.63) is 58.5 Å². The van der Waals surface area contributed by atoms with Crippen molar-refractivity contribution >= 4 is 33.2 Å². The maximum absolute atomic E-state index is 12.5. The molecule has 0 spiro atoms. The third kappa shape index (κ3) is 2.54. The topological polar surface area (TPSA) is 50.5 Å². The zero-order valence-corrected chi connectivity index (χ0v) is 13.2. The predicted molar refractivity (Wildman–Crippen MR) is 84.6 cm³/mol. The number of aryl methyl sites for hydroxylation is 1. The number of fused-ring (bicyclic) bond motifs is 1. The number of hydrogen-bond acceptors (Lipinski definition) is 3. The van der Waals surface area contributed by atoms with Crippen LogP contribution in [0.25, 0.3) is 5.52 Å². The molecule has 3 aromatic heterocycles. The van der Waals surface area contributed by atoms with Crippen LogP contribution in [0.3, 0.4) is 0 Å². The van der Waals surface area contributed by atoms with Crippen molar-refractivity contribution < 1.29 is 4.79 Å². The zero-order chi connectivity index (χ0) is 15.0. The molecular formula is C15H13BrN4O. The summed E-state index contributed by atoms with van der Waals surface area (Å²) in [4.78, 5) is 18.4. The smallest absolute Gasteiger partial charge is 0.259 e. The quantitative estimate of drug-likeness (QED) is 0.717. The van der Waals surface area contributed by atoms with E-state index in [9.17, 15) is 4.79 Å². The van der Waals surface area contributed by atoms with Gasteiger partial charge >= 0.3 is 0 Å². The lowest BCUT2D eigenvalue weighted by atomic mass is 10.2. The fourth-order valence-electron chi connectivity index (χ4n) is 2.04. The molecule has 0 saturated heterocycles. The average molecular weight is 345 g/mol. The standard InChI is InChI=1S/C15H13BrN4O/c1-10-3-4-14(17-8-10)19(2)15(21)11-5-6-20-13(7-11)12(16)9-18-20/h3-9H,1-2H3. The first kappa shape index (κ1) is 13.8. The van der Waals surface area contributed by atoms with E-state index in [0.717, 1.165) is 15.6 Å². The molecule has 0 aliphatic heterocycles. The van der Waals surface area contributed by atoms with Crippen LogP contribution in [0.2, 0.25) is 0 Å². The van der Waals surface area contributed by atoms with Crippen LogP contribution in [0.15, 0.2) is 47.3 Å². The summed E-state index contributed by atoms with van der Waals surface area (Å²) in [7, 11) is 1.72. The highest BCUT2D eigenvalue weighted by Crippen LogP contribution is 2.20. The molecule has 0 aromatic carbocycles. The minimum atomic E-state index is -0.109. The number of rotatable bonds is 2. The number of amides is 1. The van der Waals surface area contributed by atoms with Crippen molar-refractivity contribution in [3.8, 4) is 0 Å². The van der Waals surface area contributed by atoms with Crippen LogP contribution >= 0.6 is 15.9 Å². The van der Waals surface area contributed by atoms with E-state index in [4.69, 9.17) is 0 Å². The lowest BCUT2D eigenvalue weighted by Gasteiger charge is -2.16. The van der Waals surface area contributed by atoms with Crippen LogP contribution in [-0.2, 0) is 0 Å². The molecule has 3 heterocycles. The molecule has 0 fully saturated rings. The first-order chi connectivity index (χ1) is 10.1. The normalized spacial score (nSPS) is 10.8. The highest BCUT2D eigenvalue weighted by Gasteiger charge is 2.15. The molecule has 106 valence electrons. The van der Waals surface area contributed by atoms with Crippen LogP contribution in [0.5, 0.6) is 0 Å². The van der Waals surface area contributed by atoms with E-state index < -0.39 is 0 Å². The van der Waals surface area contributed by atoms with Crippen LogP contribution in [0.4, 0.5) is 5.82 Å². The first-order valence-corrected chi connectivity index (χ1v) is 7.19. The zero-order valence-electron chi connectivity index (χ0n) is 11.6. The molecule has 3 rings (SSSR count). The summed E-state index contributed by atoms with van der Waals surface area (Å²) in [6.45, 7) is 1.96. The summed E-state index contributed by atoms with van der Waals surface area (Å²) in [6.07, 6.45) is 5.22. The summed E-state index contributed by atoms with van der Waals surface area (Å²) >= 11 is 3.42. The Morgan fingerprint density at radius 1 is 1.29 bits per heavy atom. The second kappa shape index (κ2) is 5.29. The molecule has 6 heteroatoms. The molecule has 0 atom stereocenters. The number of pyridine rings is 2. The fourth-order valence-corrected chi connectivity index (χ4v) is 2.43. The Labute approximate surface area is 130 Å². The molecule has 3 aromatic rings. The number of hydrogen-bond donors (Lipinski definition) is 0. The SMILES string of the molecule is Cc1ccc(N(C)C(=O)c2ccn3ncc(Br)c3c2)nc1. The van der Waals surface area contributed by atoms with Gasteiger partial charge in [-0.3, -0.25) is 9.69 Å². The van der Waals surface area contributed by atoms with Crippen molar-refractivity contribution in [3.63, 3.8) is 0 Å². The molecule has 0 radical (unpaired) electrons. The Morgan fingerprint density at radius 3 is 2.81 bits per heavy atom.